The van der Waals surface area contributed by atoms with Crippen LogP contribution in [0.2, 0.25) is 0 Å². The molecular weight excluding hydrogens is 309 g/mol. The Balaban J connectivity index is 0.000000236. The highest BCUT2D eigenvalue weighted by Crippen LogP contribution is 2.31. The number of anilines is 1. The van der Waals surface area contributed by atoms with Crippen LogP contribution < -0.4 is 10.6 Å². The SMILES string of the molecule is N[C@@H]1CC[C@H](CN2CCc3ccccc32)C1.O=C(O)C(F)(F)F. The van der Waals surface area contributed by atoms with Crippen LogP contribution in [0.3, 0.4) is 0 Å². The Morgan fingerprint density at radius 3 is 2.52 bits per heavy atom. The Morgan fingerprint density at radius 2 is 1.96 bits per heavy atom. The third-order valence-electron chi connectivity index (χ3n) is 4.29. The van der Waals surface area contributed by atoms with Gasteiger partial charge < -0.3 is 15.7 Å². The van der Waals surface area contributed by atoms with Crippen LogP contribution in [0, 0.1) is 5.92 Å². The molecule has 3 rings (SSSR count). The summed E-state index contributed by atoms with van der Waals surface area (Å²) in [6.07, 6.45) is -0.104. The van der Waals surface area contributed by atoms with Gasteiger partial charge in [-0.15, -0.1) is 0 Å². The maximum atomic E-state index is 10.6. The number of rotatable bonds is 2. The van der Waals surface area contributed by atoms with Gasteiger partial charge in [-0.2, -0.15) is 13.2 Å². The first-order valence-electron chi connectivity index (χ1n) is 7.66. The molecule has 0 unspecified atom stereocenters. The zero-order valence-corrected chi connectivity index (χ0v) is 12.7. The van der Waals surface area contributed by atoms with Gasteiger partial charge in [0.25, 0.3) is 0 Å². The minimum atomic E-state index is -5.08. The summed E-state index contributed by atoms with van der Waals surface area (Å²) >= 11 is 0. The molecule has 128 valence electrons. The fourth-order valence-corrected chi connectivity index (χ4v) is 3.19. The van der Waals surface area contributed by atoms with Crippen LogP contribution >= 0.6 is 0 Å². The van der Waals surface area contributed by atoms with Crippen LogP contribution in [0.15, 0.2) is 24.3 Å². The van der Waals surface area contributed by atoms with Gasteiger partial charge in [-0.1, -0.05) is 18.2 Å². The fraction of sp³-hybridized carbons (Fsp3) is 0.562. The number of carboxylic acid groups (broad SMARTS) is 1. The number of benzene rings is 1. The summed E-state index contributed by atoms with van der Waals surface area (Å²) in [7, 11) is 0. The molecule has 1 aromatic carbocycles. The van der Waals surface area contributed by atoms with Gasteiger partial charge in [0.2, 0.25) is 0 Å². The lowest BCUT2D eigenvalue weighted by Gasteiger charge is -2.23. The van der Waals surface area contributed by atoms with E-state index in [9.17, 15) is 13.2 Å². The van der Waals surface area contributed by atoms with Gasteiger partial charge in [-0.05, 0) is 43.2 Å². The van der Waals surface area contributed by atoms with Crippen molar-refractivity contribution in [3.05, 3.63) is 29.8 Å². The summed E-state index contributed by atoms with van der Waals surface area (Å²) in [4.78, 5) is 11.4. The molecule has 4 nitrogen and oxygen atoms in total. The summed E-state index contributed by atoms with van der Waals surface area (Å²) in [5.41, 5.74) is 8.95. The van der Waals surface area contributed by atoms with Crippen LogP contribution in [0.5, 0.6) is 0 Å². The van der Waals surface area contributed by atoms with E-state index >= 15 is 0 Å². The summed E-state index contributed by atoms with van der Waals surface area (Å²) < 4.78 is 31.7. The molecule has 2 aliphatic rings. The number of fused-ring (bicyclic) bond motifs is 1. The summed E-state index contributed by atoms with van der Waals surface area (Å²) in [5, 5.41) is 7.12. The second-order valence-corrected chi connectivity index (χ2v) is 6.07. The normalized spacial score (nSPS) is 23.2. The molecule has 1 saturated carbocycles. The average molecular weight is 330 g/mol. The monoisotopic (exact) mass is 330 g/mol. The lowest BCUT2D eigenvalue weighted by molar-refractivity contribution is -0.192. The van der Waals surface area contributed by atoms with E-state index in [0.717, 1.165) is 5.92 Å². The molecule has 0 radical (unpaired) electrons. The van der Waals surface area contributed by atoms with E-state index in [1.54, 1.807) is 0 Å². The van der Waals surface area contributed by atoms with Gasteiger partial charge in [0.1, 0.15) is 0 Å². The van der Waals surface area contributed by atoms with Gasteiger partial charge in [0, 0.05) is 24.8 Å². The van der Waals surface area contributed by atoms with Crippen LogP contribution in [0.4, 0.5) is 18.9 Å². The van der Waals surface area contributed by atoms with Crippen molar-refractivity contribution in [2.75, 3.05) is 18.0 Å². The molecule has 1 heterocycles. The molecule has 1 aromatic rings. The minimum Gasteiger partial charge on any atom is -0.475 e. The van der Waals surface area contributed by atoms with Crippen molar-refractivity contribution in [3.8, 4) is 0 Å². The third-order valence-corrected chi connectivity index (χ3v) is 4.29. The van der Waals surface area contributed by atoms with Crippen molar-refractivity contribution in [1.82, 2.24) is 0 Å². The maximum Gasteiger partial charge on any atom is 0.490 e. The zero-order chi connectivity index (χ0) is 17.0. The number of nitrogens with zero attached hydrogens (tertiary/aromatic N) is 1. The molecule has 0 bridgehead atoms. The maximum absolute atomic E-state index is 10.6. The number of alkyl halides is 3. The molecule has 1 aliphatic heterocycles. The van der Waals surface area contributed by atoms with Gasteiger partial charge in [0.15, 0.2) is 0 Å². The van der Waals surface area contributed by atoms with Crippen LogP contribution in [0.1, 0.15) is 24.8 Å². The summed E-state index contributed by atoms with van der Waals surface area (Å²) in [6.45, 7) is 2.41. The third kappa shape index (κ3) is 4.86. The number of hydrogen-bond donors (Lipinski definition) is 2. The number of nitrogens with two attached hydrogens (primary N) is 1. The zero-order valence-electron chi connectivity index (χ0n) is 12.7. The lowest BCUT2D eigenvalue weighted by atomic mass is 10.1. The lowest BCUT2D eigenvalue weighted by Crippen LogP contribution is -2.27. The second-order valence-electron chi connectivity index (χ2n) is 6.07. The number of aliphatic carboxylic acids is 1. The largest absolute Gasteiger partial charge is 0.490 e. The van der Waals surface area contributed by atoms with E-state index in [-0.39, 0.29) is 0 Å². The minimum absolute atomic E-state index is 0.461. The van der Waals surface area contributed by atoms with E-state index in [1.165, 1.54) is 50.0 Å². The molecule has 3 N–H and O–H groups in total. The summed E-state index contributed by atoms with van der Waals surface area (Å²) in [6, 6.07) is 9.28. The van der Waals surface area contributed by atoms with Crippen molar-refractivity contribution in [2.45, 2.75) is 37.9 Å². The first-order valence-corrected chi connectivity index (χ1v) is 7.66. The van der Waals surface area contributed by atoms with Crippen molar-refractivity contribution in [2.24, 2.45) is 11.7 Å². The van der Waals surface area contributed by atoms with E-state index in [4.69, 9.17) is 15.6 Å². The molecule has 1 aliphatic carbocycles. The predicted molar refractivity (Wildman–Crippen MR) is 81.4 cm³/mol. The quantitative estimate of drug-likeness (QED) is 0.875. The number of halogens is 3. The molecule has 23 heavy (non-hydrogen) atoms. The highest BCUT2D eigenvalue weighted by molar-refractivity contribution is 5.73. The van der Waals surface area contributed by atoms with Crippen molar-refractivity contribution >= 4 is 11.7 Å². The Morgan fingerprint density at radius 1 is 1.30 bits per heavy atom. The van der Waals surface area contributed by atoms with E-state index in [1.807, 2.05) is 0 Å². The number of para-hydroxylation sites is 1. The van der Waals surface area contributed by atoms with Gasteiger partial charge in [-0.25, -0.2) is 4.79 Å². The van der Waals surface area contributed by atoms with Crippen molar-refractivity contribution < 1.29 is 23.1 Å². The van der Waals surface area contributed by atoms with Gasteiger partial charge >= 0.3 is 12.1 Å². The van der Waals surface area contributed by atoms with E-state index in [2.05, 4.69) is 29.2 Å². The predicted octanol–water partition coefficient (Wildman–Crippen LogP) is 2.81. The van der Waals surface area contributed by atoms with E-state index in [0.29, 0.717) is 6.04 Å². The number of carboxylic acids is 1. The first kappa shape index (κ1) is 17.6. The van der Waals surface area contributed by atoms with Crippen LogP contribution in [-0.4, -0.2) is 36.4 Å². The Labute approximate surface area is 133 Å². The Hall–Kier alpha value is -1.76. The second kappa shape index (κ2) is 7.21. The highest BCUT2D eigenvalue weighted by atomic mass is 19.4. The Kier molecular flexibility index (Phi) is 5.51. The van der Waals surface area contributed by atoms with Gasteiger partial charge in [0.05, 0.1) is 0 Å². The van der Waals surface area contributed by atoms with Crippen molar-refractivity contribution in [1.29, 1.82) is 0 Å². The molecule has 0 saturated heterocycles. The average Bonchev–Trinajstić information content (AvgIpc) is 3.06. The van der Waals surface area contributed by atoms with Gasteiger partial charge in [-0.3, -0.25) is 0 Å². The standard InChI is InChI=1S/C14H20N2.C2HF3O2/c15-13-6-5-11(9-13)10-16-8-7-12-3-1-2-4-14(12)16;3-2(4,5)1(6)7/h1-4,11,13H,5-10,15H2;(H,6,7)/t11-,13+;/m0./s1. The smallest absolute Gasteiger partial charge is 0.475 e. The molecule has 0 spiro atoms. The first-order chi connectivity index (χ1) is 10.8. The molecule has 7 heteroatoms. The molecule has 0 amide bonds. The molecule has 2 atom stereocenters. The molecule has 1 fully saturated rings. The summed E-state index contributed by atoms with van der Waals surface area (Å²) in [5.74, 6) is -1.94. The fourth-order valence-electron chi connectivity index (χ4n) is 3.19. The number of carbonyl (C=O) groups is 1. The van der Waals surface area contributed by atoms with Crippen LogP contribution in [-0.2, 0) is 11.2 Å². The van der Waals surface area contributed by atoms with E-state index < -0.39 is 12.1 Å². The van der Waals surface area contributed by atoms with Crippen LogP contribution in [0.25, 0.3) is 0 Å². The topological polar surface area (TPSA) is 66.6 Å². The number of hydrogen-bond acceptors (Lipinski definition) is 3. The molecular formula is C16H21F3N2O2. The van der Waals surface area contributed by atoms with Crippen molar-refractivity contribution in [3.63, 3.8) is 0 Å². The molecule has 0 aromatic heterocycles. The Bertz CT molecular complexity index is 548. The highest BCUT2D eigenvalue weighted by Gasteiger charge is 2.38.